The van der Waals surface area contributed by atoms with E-state index in [0.29, 0.717) is 5.69 Å². The lowest BCUT2D eigenvalue weighted by Crippen LogP contribution is -2.13. The van der Waals surface area contributed by atoms with Crippen molar-refractivity contribution < 1.29 is 4.79 Å². The smallest absolute Gasteiger partial charge is 0.274 e. The van der Waals surface area contributed by atoms with Crippen LogP contribution in [0.3, 0.4) is 0 Å². The van der Waals surface area contributed by atoms with Crippen molar-refractivity contribution in [3.8, 4) is 11.4 Å². The van der Waals surface area contributed by atoms with Gasteiger partial charge in [-0.25, -0.2) is 9.97 Å². The molecule has 5 heteroatoms. The highest BCUT2D eigenvalue weighted by molar-refractivity contribution is 6.04. The topological polar surface area (TPSA) is 59.8 Å². The Labute approximate surface area is 163 Å². The van der Waals surface area contributed by atoms with Gasteiger partial charge in [0.2, 0.25) is 0 Å². The van der Waals surface area contributed by atoms with Gasteiger partial charge in [0.05, 0.1) is 5.52 Å². The van der Waals surface area contributed by atoms with Gasteiger partial charge in [-0.2, -0.15) is 0 Å². The summed E-state index contributed by atoms with van der Waals surface area (Å²) < 4.78 is 2.30. The van der Waals surface area contributed by atoms with Gasteiger partial charge in [0.25, 0.3) is 5.91 Å². The minimum Gasteiger partial charge on any atom is -0.328 e. The fourth-order valence-electron chi connectivity index (χ4n) is 3.76. The third-order valence-corrected chi connectivity index (χ3v) is 5.23. The molecule has 2 aromatic heterocycles. The number of imidazole rings is 1. The number of hydrogen-bond donors (Lipinski definition) is 1. The highest BCUT2D eigenvalue weighted by Gasteiger charge is 2.15. The maximum atomic E-state index is 12.6. The third-order valence-electron chi connectivity index (χ3n) is 5.23. The van der Waals surface area contributed by atoms with Gasteiger partial charge in [-0.05, 0) is 55.7 Å². The van der Waals surface area contributed by atoms with Crippen LogP contribution in [0.2, 0.25) is 0 Å². The maximum Gasteiger partial charge on any atom is 0.274 e. The molecule has 0 unspecified atom stereocenters. The Balaban J connectivity index is 1.35. The molecule has 0 fully saturated rings. The molecule has 0 bridgehead atoms. The molecule has 138 valence electrons. The minimum absolute atomic E-state index is 0.211. The lowest BCUT2D eigenvalue weighted by atomic mass is 10.1. The molecule has 0 aliphatic carbocycles. The first-order chi connectivity index (χ1) is 13.8. The van der Waals surface area contributed by atoms with E-state index >= 15 is 0 Å². The molecule has 1 aliphatic heterocycles. The van der Waals surface area contributed by atoms with E-state index in [2.05, 4.69) is 19.9 Å². The molecular weight excluding hydrogens is 348 g/mol. The van der Waals surface area contributed by atoms with Crippen molar-refractivity contribution in [3.05, 3.63) is 78.2 Å². The normalized spacial score (nSPS) is 13.3. The number of carbonyl (C=O) groups is 1. The summed E-state index contributed by atoms with van der Waals surface area (Å²) in [4.78, 5) is 21.6. The number of nitrogens with one attached hydrogen (secondary N) is 1. The number of hydrogen-bond acceptors (Lipinski definition) is 3. The van der Waals surface area contributed by atoms with Crippen LogP contribution in [0.25, 0.3) is 22.3 Å². The fraction of sp³-hybridized carbons (Fsp3) is 0.174. The van der Waals surface area contributed by atoms with Gasteiger partial charge in [0.15, 0.2) is 0 Å². The third kappa shape index (κ3) is 3.05. The Morgan fingerprint density at radius 1 is 0.964 bits per heavy atom. The van der Waals surface area contributed by atoms with E-state index in [4.69, 9.17) is 0 Å². The van der Waals surface area contributed by atoms with Crippen LogP contribution < -0.4 is 5.32 Å². The van der Waals surface area contributed by atoms with Crippen molar-refractivity contribution >= 4 is 22.5 Å². The second-order valence-electron chi connectivity index (χ2n) is 7.10. The van der Waals surface area contributed by atoms with E-state index in [1.165, 1.54) is 18.5 Å². The summed E-state index contributed by atoms with van der Waals surface area (Å²) in [6.45, 7) is 1.02. The number of aromatic nitrogens is 3. The van der Waals surface area contributed by atoms with E-state index < -0.39 is 0 Å². The zero-order chi connectivity index (χ0) is 18.9. The summed E-state index contributed by atoms with van der Waals surface area (Å²) in [5, 5.41) is 3.95. The molecule has 28 heavy (non-hydrogen) atoms. The quantitative estimate of drug-likeness (QED) is 0.571. The maximum absolute atomic E-state index is 12.6. The molecule has 1 aliphatic rings. The van der Waals surface area contributed by atoms with Crippen LogP contribution in [-0.4, -0.2) is 20.4 Å². The van der Waals surface area contributed by atoms with E-state index in [0.717, 1.165) is 40.9 Å². The minimum atomic E-state index is -0.211. The van der Waals surface area contributed by atoms with Crippen molar-refractivity contribution in [1.29, 1.82) is 0 Å². The number of fused-ring (bicyclic) bond motifs is 2. The zero-order valence-corrected chi connectivity index (χ0v) is 15.4. The molecule has 1 amide bonds. The van der Waals surface area contributed by atoms with Crippen LogP contribution in [-0.2, 0) is 13.0 Å². The standard InChI is InChI=1S/C23H20N4O/c28-23(21-13-10-16-5-1-2-7-20(16)26-21)25-18-11-8-17(9-12-18)22-24-15-19-6-3-4-14-27(19)22/h1-2,5,7-13,15H,3-4,6,14H2,(H,25,28). The Morgan fingerprint density at radius 3 is 2.71 bits per heavy atom. The Bertz CT molecular complexity index is 1160. The second-order valence-corrected chi connectivity index (χ2v) is 7.10. The number of para-hydroxylation sites is 1. The summed E-state index contributed by atoms with van der Waals surface area (Å²) in [6.07, 6.45) is 5.51. The Hall–Kier alpha value is -3.47. The van der Waals surface area contributed by atoms with Crippen LogP contribution in [0.1, 0.15) is 29.0 Å². The van der Waals surface area contributed by atoms with Gasteiger partial charge < -0.3 is 9.88 Å². The van der Waals surface area contributed by atoms with E-state index in [-0.39, 0.29) is 5.91 Å². The number of pyridine rings is 1. The van der Waals surface area contributed by atoms with Crippen LogP contribution in [0.15, 0.2) is 66.9 Å². The van der Waals surface area contributed by atoms with Crippen molar-refractivity contribution in [3.63, 3.8) is 0 Å². The summed E-state index contributed by atoms with van der Waals surface area (Å²) in [6, 6.07) is 19.3. The fourth-order valence-corrected chi connectivity index (χ4v) is 3.76. The largest absolute Gasteiger partial charge is 0.328 e. The molecule has 5 nitrogen and oxygen atoms in total. The van der Waals surface area contributed by atoms with E-state index in [9.17, 15) is 4.79 Å². The molecule has 3 heterocycles. The van der Waals surface area contributed by atoms with Gasteiger partial charge >= 0.3 is 0 Å². The monoisotopic (exact) mass is 368 g/mol. The molecule has 0 radical (unpaired) electrons. The molecular formula is C23H20N4O. The summed E-state index contributed by atoms with van der Waals surface area (Å²) in [5.41, 5.74) is 4.34. The number of amides is 1. The van der Waals surface area contributed by atoms with Crippen molar-refractivity contribution in [2.75, 3.05) is 5.32 Å². The second kappa shape index (κ2) is 6.93. The van der Waals surface area contributed by atoms with E-state index in [1.807, 2.05) is 60.8 Å². The average molecular weight is 368 g/mol. The molecule has 0 saturated heterocycles. The average Bonchev–Trinajstić information content (AvgIpc) is 3.18. The summed E-state index contributed by atoms with van der Waals surface area (Å²) >= 11 is 0. The van der Waals surface area contributed by atoms with E-state index in [1.54, 1.807) is 6.07 Å². The number of anilines is 1. The number of aryl methyl sites for hydroxylation is 1. The number of rotatable bonds is 3. The lowest BCUT2D eigenvalue weighted by Gasteiger charge is -2.16. The summed E-state index contributed by atoms with van der Waals surface area (Å²) in [5.74, 6) is 0.792. The van der Waals surface area contributed by atoms with Gasteiger partial charge in [-0.1, -0.05) is 24.3 Å². The number of benzene rings is 2. The van der Waals surface area contributed by atoms with Gasteiger partial charge in [0.1, 0.15) is 11.5 Å². The Kier molecular flexibility index (Phi) is 4.13. The van der Waals surface area contributed by atoms with Gasteiger partial charge in [-0.3, -0.25) is 4.79 Å². The summed E-state index contributed by atoms with van der Waals surface area (Å²) in [7, 11) is 0. The number of carbonyl (C=O) groups excluding carboxylic acids is 1. The number of nitrogens with zero attached hydrogens (tertiary/aromatic N) is 3. The first-order valence-electron chi connectivity index (χ1n) is 9.60. The zero-order valence-electron chi connectivity index (χ0n) is 15.4. The predicted molar refractivity (Wildman–Crippen MR) is 110 cm³/mol. The molecule has 0 atom stereocenters. The van der Waals surface area contributed by atoms with Crippen molar-refractivity contribution in [2.45, 2.75) is 25.8 Å². The molecule has 0 spiro atoms. The predicted octanol–water partition coefficient (Wildman–Crippen LogP) is 4.69. The SMILES string of the molecule is O=C(Nc1ccc(-c2ncc3n2CCCC3)cc1)c1ccc2ccccc2n1. The molecule has 0 saturated carbocycles. The van der Waals surface area contributed by atoms with Crippen LogP contribution in [0.4, 0.5) is 5.69 Å². The first kappa shape index (κ1) is 16.7. The van der Waals surface area contributed by atoms with Gasteiger partial charge in [0, 0.05) is 35.1 Å². The molecule has 1 N–H and O–H groups in total. The van der Waals surface area contributed by atoms with Gasteiger partial charge in [-0.15, -0.1) is 0 Å². The Morgan fingerprint density at radius 2 is 1.82 bits per heavy atom. The highest BCUT2D eigenvalue weighted by atomic mass is 16.1. The van der Waals surface area contributed by atoms with Crippen LogP contribution >= 0.6 is 0 Å². The first-order valence-corrected chi connectivity index (χ1v) is 9.60. The molecule has 2 aromatic carbocycles. The van der Waals surface area contributed by atoms with Crippen molar-refractivity contribution in [2.24, 2.45) is 0 Å². The molecule has 5 rings (SSSR count). The highest BCUT2D eigenvalue weighted by Crippen LogP contribution is 2.25. The molecule has 4 aromatic rings. The van der Waals surface area contributed by atoms with Crippen LogP contribution in [0.5, 0.6) is 0 Å². The lowest BCUT2D eigenvalue weighted by molar-refractivity contribution is 0.102. The van der Waals surface area contributed by atoms with Crippen LogP contribution in [0, 0.1) is 0 Å². The van der Waals surface area contributed by atoms with Crippen molar-refractivity contribution in [1.82, 2.24) is 14.5 Å².